The van der Waals surface area contributed by atoms with E-state index in [0.717, 1.165) is 16.7 Å². The SMILES string of the molecule is CCOC(=O)CCC(Cc1ccc(-c2cc(Cl)cc(Cl)c2)cc1)NC(=O)COC. The molecule has 2 aromatic rings. The minimum atomic E-state index is -0.272. The summed E-state index contributed by atoms with van der Waals surface area (Å²) >= 11 is 12.2. The molecule has 0 spiro atoms. The molecule has 29 heavy (non-hydrogen) atoms. The predicted molar refractivity (Wildman–Crippen MR) is 115 cm³/mol. The molecule has 7 heteroatoms. The number of carbonyl (C=O) groups is 2. The average Bonchev–Trinajstić information content (AvgIpc) is 2.66. The Morgan fingerprint density at radius 3 is 2.28 bits per heavy atom. The van der Waals surface area contributed by atoms with E-state index in [2.05, 4.69) is 5.32 Å². The summed E-state index contributed by atoms with van der Waals surface area (Å²) < 4.78 is 9.86. The molecule has 0 aliphatic carbocycles. The fourth-order valence-electron chi connectivity index (χ4n) is 2.99. The molecule has 0 heterocycles. The molecule has 0 saturated heterocycles. The molecule has 1 atom stereocenters. The van der Waals surface area contributed by atoms with E-state index in [1.165, 1.54) is 7.11 Å². The highest BCUT2D eigenvalue weighted by Crippen LogP contribution is 2.27. The highest BCUT2D eigenvalue weighted by atomic mass is 35.5. The summed E-state index contributed by atoms with van der Waals surface area (Å²) in [5.74, 6) is -0.488. The van der Waals surface area contributed by atoms with Crippen LogP contribution >= 0.6 is 23.2 Å². The Bertz CT molecular complexity index is 804. The summed E-state index contributed by atoms with van der Waals surface area (Å²) in [7, 11) is 1.47. The second-order valence-corrected chi connectivity index (χ2v) is 7.47. The van der Waals surface area contributed by atoms with E-state index in [0.29, 0.717) is 29.5 Å². The number of hydrogen-bond acceptors (Lipinski definition) is 4. The maximum absolute atomic E-state index is 11.9. The lowest BCUT2D eigenvalue weighted by Crippen LogP contribution is -2.38. The molecule has 0 aliphatic heterocycles. The highest BCUT2D eigenvalue weighted by molar-refractivity contribution is 6.35. The zero-order valence-electron chi connectivity index (χ0n) is 16.5. The van der Waals surface area contributed by atoms with E-state index < -0.39 is 0 Å². The van der Waals surface area contributed by atoms with Gasteiger partial charge in [-0.05, 0) is 54.7 Å². The third-order valence-corrected chi connectivity index (χ3v) is 4.71. The van der Waals surface area contributed by atoms with Gasteiger partial charge in [0, 0.05) is 29.6 Å². The van der Waals surface area contributed by atoms with Crippen LogP contribution in [0.3, 0.4) is 0 Å². The van der Waals surface area contributed by atoms with Crippen LogP contribution in [0.25, 0.3) is 11.1 Å². The first-order chi connectivity index (χ1) is 13.9. The van der Waals surface area contributed by atoms with E-state index in [9.17, 15) is 9.59 Å². The van der Waals surface area contributed by atoms with Crippen LogP contribution in [-0.4, -0.2) is 38.2 Å². The van der Waals surface area contributed by atoms with Gasteiger partial charge in [0.25, 0.3) is 0 Å². The first-order valence-corrected chi connectivity index (χ1v) is 10.2. The minimum absolute atomic E-state index is 0.0234. The average molecular weight is 438 g/mol. The van der Waals surface area contributed by atoms with E-state index in [-0.39, 0.29) is 30.9 Å². The molecule has 2 aromatic carbocycles. The van der Waals surface area contributed by atoms with Crippen molar-refractivity contribution in [2.75, 3.05) is 20.3 Å². The Balaban J connectivity index is 2.08. The van der Waals surface area contributed by atoms with Gasteiger partial charge in [-0.1, -0.05) is 47.5 Å². The molecule has 0 aliphatic rings. The van der Waals surface area contributed by atoms with Crippen molar-refractivity contribution in [1.82, 2.24) is 5.32 Å². The molecule has 1 amide bonds. The van der Waals surface area contributed by atoms with Crippen LogP contribution in [-0.2, 0) is 25.5 Å². The highest BCUT2D eigenvalue weighted by Gasteiger charge is 2.16. The van der Waals surface area contributed by atoms with Crippen LogP contribution in [0.1, 0.15) is 25.3 Å². The van der Waals surface area contributed by atoms with Gasteiger partial charge in [-0.3, -0.25) is 9.59 Å². The number of carbonyl (C=O) groups excluding carboxylic acids is 2. The van der Waals surface area contributed by atoms with Gasteiger partial charge in [0.2, 0.25) is 5.91 Å². The Labute approximate surface area is 181 Å². The molecule has 1 unspecified atom stereocenters. The summed E-state index contributed by atoms with van der Waals surface area (Å²) in [6.45, 7) is 2.09. The third kappa shape index (κ3) is 8.05. The van der Waals surface area contributed by atoms with Crippen LogP contribution in [0.5, 0.6) is 0 Å². The van der Waals surface area contributed by atoms with Gasteiger partial charge in [-0.2, -0.15) is 0 Å². The smallest absolute Gasteiger partial charge is 0.305 e. The van der Waals surface area contributed by atoms with Crippen LogP contribution in [0.4, 0.5) is 0 Å². The zero-order valence-corrected chi connectivity index (χ0v) is 18.1. The van der Waals surface area contributed by atoms with Crippen molar-refractivity contribution in [3.8, 4) is 11.1 Å². The first-order valence-electron chi connectivity index (χ1n) is 9.40. The Morgan fingerprint density at radius 2 is 1.69 bits per heavy atom. The maximum atomic E-state index is 11.9. The van der Waals surface area contributed by atoms with Gasteiger partial charge in [0.15, 0.2) is 0 Å². The van der Waals surface area contributed by atoms with Crippen molar-refractivity contribution in [1.29, 1.82) is 0 Å². The van der Waals surface area contributed by atoms with Crippen molar-refractivity contribution in [2.24, 2.45) is 0 Å². The van der Waals surface area contributed by atoms with Gasteiger partial charge >= 0.3 is 5.97 Å². The first kappa shape index (κ1) is 23.2. The molecule has 0 saturated carbocycles. The number of amides is 1. The molecule has 0 aromatic heterocycles. The van der Waals surface area contributed by atoms with Crippen LogP contribution in [0.15, 0.2) is 42.5 Å². The number of esters is 1. The molecule has 2 rings (SSSR count). The van der Waals surface area contributed by atoms with Crippen LogP contribution < -0.4 is 5.32 Å². The lowest BCUT2D eigenvalue weighted by atomic mass is 9.98. The van der Waals surface area contributed by atoms with Gasteiger partial charge < -0.3 is 14.8 Å². The van der Waals surface area contributed by atoms with Gasteiger partial charge in [-0.25, -0.2) is 0 Å². The van der Waals surface area contributed by atoms with Crippen molar-refractivity contribution < 1.29 is 19.1 Å². The third-order valence-electron chi connectivity index (χ3n) is 4.27. The van der Waals surface area contributed by atoms with E-state index in [4.69, 9.17) is 32.7 Å². The summed E-state index contributed by atoms with van der Waals surface area (Å²) in [4.78, 5) is 23.6. The number of nitrogens with one attached hydrogen (secondary N) is 1. The quantitative estimate of drug-likeness (QED) is 0.548. The second kappa shape index (κ2) is 11.8. The zero-order chi connectivity index (χ0) is 21.2. The number of halogens is 2. The van der Waals surface area contributed by atoms with E-state index in [1.54, 1.807) is 13.0 Å². The molecular formula is C22H25Cl2NO4. The molecule has 1 N–H and O–H groups in total. The normalized spacial score (nSPS) is 11.7. The standard InChI is InChI=1S/C22H25Cl2NO4/c1-3-29-22(27)9-8-20(25-21(26)14-28-2)10-15-4-6-16(7-5-15)17-11-18(23)13-19(24)12-17/h4-7,11-13,20H,3,8-10,14H2,1-2H3,(H,25,26). The number of rotatable bonds is 10. The van der Waals surface area contributed by atoms with Crippen LogP contribution in [0.2, 0.25) is 10.0 Å². The lowest BCUT2D eigenvalue weighted by molar-refractivity contribution is -0.143. The van der Waals surface area contributed by atoms with Crippen molar-refractivity contribution in [3.63, 3.8) is 0 Å². The Morgan fingerprint density at radius 1 is 1.03 bits per heavy atom. The lowest BCUT2D eigenvalue weighted by Gasteiger charge is -2.19. The van der Waals surface area contributed by atoms with Crippen molar-refractivity contribution in [2.45, 2.75) is 32.2 Å². The summed E-state index contributed by atoms with van der Waals surface area (Å²) in [6.07, 6.45) is 1.32. The van der Waals surface area contributed by atoms with Crippen molar-refractivity contribution in [3.05, 3.63) is 58.1 Å². The second-order valence-electron chi connectivity index (χ2n) is 6.60. The number of benzene rings is 2. The summed E-state index contributed by atoms with van der Waals surface area (Å²) in [6, 6.07) is 13.2. The largest absolute Gasteiger partial charge is 0.466 e. The van der Waals surface area contributed by atoms with Crippen molar-refractivity contribution >= 4 is 35.1 Å². The molecule has 0 fully saturated rings. The number of hydrogen-bond donors (Lipinski definition) is 1. The van der Waals surface area contributed by atoms with Gasteiger partial charge in [0.05, 0.1) is 6.61 Å². The Hall–Kier alpha value is -2.08. The van der Waals surface area contributed by atoms with E-state index in [1.807, 2.05) is 36.4 Å². The molecule has 156 valence electrons. The molecule has 0 bridgehead atoms. The van der Waals surface area contributed by atoms with Gasteiger partial charge in [-0.15, -0.1) is 0 Å². The molecular weight excluding hydrogens is 413 g/mol. The fraction of sp³-hybridized carbons (Fsp3) is 0.364. The van der Waals surface area contributed by atoms with Crippen LogP contribution in [0, 0.1) is 0 Å². The topological polar surface area (TPSA) is 64.6 Å². The molecule has 0 radical (unpaired) electrons. The summed E-state index contributed by atoms with van der Waals surface area (Å²) in [5, 5.41) is 4.08. The predicted octanol–water partition coefficient (Wildman–Crippen LogP) is 4.68. The van der Waals surface area contributed by atoms with Gasteiger partial charge in [0.1, 0.15) is 6.61 Å². The van der Waals surface area contributed by atoms with E-state index >= 15 is 0 Å². The minimum Gasteiger partial charge on any atom is -0.466 e. The Kier molecular flexibility index (Phi) is 9.45. The fourth-order valence-corrected chi connectivity index (χ4v) is 3.52. The maximum Gasteiger partial charge on any atom is 0.305 e. The number of ether oxygens (including phenoxy) is 2. The number of methoxy groups -OCH3 is 1. The monoisotopic (exact) mass is 437 g/mol. The summed E-state index contributed by atoms with van der Waals surface area (Å²) in [5.41, 5.74) is 2.96. The molecule has 5 nitrogen and oxygen atoms in total.